The van der Waals surface area contributed by atoms with Crippen LogP contribution in [0.1, 0.15) is 12.8 Å². The molecule has 1 fully saturated rings. The number of β-amino-alcohol motifs (C(OH)–C–C–N with tert-alkyl or cyclic N) is 1. The van der Waals surface area contributed by atoms with Crippen LogP contribution >= 0.6 is 27.7 Å². The number of amides is 1. The van der Waals surface area contributed by atoms with Gasteiger partial charge in [0.1, 0.15) is 0 Å². The molecule has 0 saturated carbocycles. The molecule has 98 valence electrons. The summed E-state index contributed by atoms with van der Waals surface area (Å²) in [5.41, 5.74) is 0. The molecule has 3 nitrogen and oxygen atoms in total. The SMILES string of the molecule is O=C(CSc1ccc(Br)cc1)N1CCCC(O)C1. The first-order chi connectivity index (χ1) is 8.65. The van der Waals surface area contributed by atoms with E-state index in [1.807, 2.05) is 24.3 Å². The Kier molecular flexibility index (Phi) is 5.09. The van der Waals surface area contributed by atoms with Gasteiger partial charge >= 0.3 is 0 Å². The molecule has 1 N–H and O–H groups in total. The molecule has 2 rings (SSSR count). The lowest BCUT2D eigenvalue weighted by atomic mass is 10.1. The first-order valence-electron chi connectivity index (χ1n) is 5.99. The molecule has 1 heterocycles. The summed E-state index contributed by atoms with van der Waals surface area (Å²) in [5.74, 6) is 0.551. The Morgan fingerprint density at radius 2 is 2.17 bits per heavy atom. The summed E-state index contributed by atoms with van der Waals surface area (Å²) < 4.78 is 1.04. The fourth-order valence-corrected chi connectivity index (χ4v) is 3.01. The molecule has 1 atom stereocenters. The van der Waals surface area contributed by atoms with Crippen molar-refractivity contribution >= 4 is 33.6 Å². The van der Waals surface area contributed by atoms with E-state index in [1.54, 1.807) is 4.90 Å². The minimum Gasteiger partial charge on any atom is -0.391 e. The maximum Gasteiger partial charge on any atom is 0.233 e. The smallest absolute Gasteiger partial charge is 0.233 e. The van der Waals surface area contributed by atoms with Gasteiger partial charge in [-0.1, -0.05) is 15.9 Å². The van der Waals surface area contributed by atoms with Crippen LogP contribution in [0.5, 0.6) is 0 Å². The van der Waals surface area contributed by atoms with E-state index in [0.717, 1.165) is 28.8 Å². The third-order valence-corrected chi connectivity index (χ3v) is 4.45. The molecule has 1 aliphatic rings. The molecule has 1 aliphatic heterocycles. The van der Waals surface area contributed by atoms with Crippen molar-refractivity contribution in [3.8, 4) is 0 Å². The Balaban J connectivity index is 1.82. The number of hydrogen-bond donors (Lipinski definition) is 1. The number of hydrogen-bond acceptors (Lipinski definition) is 3. The molecule has 0 bridgehead atoms. The van der Waals surface area contributed by atoms with E-state index >= 15 is 0 Å². The van der Waals surface area contributed by atoms with Gasteiger partial charge in [0.15, 0.2) is 0 Å². The van der Waals surface area contributed by atoms with Gasteiger partial charge in [-0.25, -0.2) is 0 Å². The molecular weight excluding hydrogens is 314 g/mol. The van der Waals surface area contributed by atoms with Gasteiger partial charge in [-0.2, -0.15) is 0 Å². The number of carbonyl (C=O) groups is 1. The van der Waals surface area contributed by atoms with Gasteiger partial charge in [0, 0.05) is 22.5 Å². The fourth-order valence-electron chi connectivity index (χ4n) is 1.95. The van der Waals surface area contributed by atoms with Crippen molar-refractivity contribution in [2.24, 2.45) is 0 Å². The zero-order valence-electron chi connectivity index (χ0n) is 10.0. The quantitative estimate of drug-likeness (QED) is 0.866. The van der Waals surface area contributed by atoms with Crippen molar-refractivity contribution in [2.45, 2.75) is 23.8 Å². The van der Waals surface area contributed by atoms with Crippen LogP contribution in [-0.4, -0.2) is 40.9 Å². The molecule has 0 aromatic heterocycles. The first kappa shape index (κ1) is 13.9. The van der Waals surface area contributed by atoms with Crippen LogP contribution in [0.2, 0.25) is 0 Å². The summed E-state index contributed by atoms with van der Waals surface area (Å²) in [7, 11) is 0. The van der Waals surface area contributed by atoms with Gasteiger partial charge in [0.25, 0.3) is 0 Å². The highest BCUT2D eigenvalue weighted by molar-refractivity contribution is 9.10. The number of halogens is 1. The van der Waals surface area contributed by atoms with Gasteiger partial charge < -0.3 is 10.0 Å². The molecule has 1 amide bonds. The van der Waals surface area contributed by atoms with Gasteiger partial charge in [-0.15, -0.1) is 11.8 Å². The number of carbonyl (C=O) groups excluding carboxylic acids is 1. The van der Waals surface area contributed by atoms with Crippen molar-refractivity contribution in [3.63, 3.8) is 0 Å². The molecule has 1 saturated heterocycles. The van der Waals surface area contributed by atoms with E-state index in [4.69, 9.17) is 0 Å². The number of benzene rings is 1. The summed E-state index contributed by atoms with van der Waals surface area (Å²) in [6.45, 7) is 1.26. The predicted molar refractivity (Wildman–Crippen MR) is 76.7 cm³/mol. The lowest BCUT2D eigenvalue weighted by molar-refractivity contribution is -0.131. The maximum absolute atomic E-state index is 12.0. The van der Waals surface area contributed by atoms with Crippen LogP contribution in [0.15, 0.2) is 33.6 Å². The highest BCUT2D eigenvalue weighted by Crippen LogP contribution is 2.21. The fraction of sp³-hybridized carbons (Fsp3) is 0.462. The Labute approximate surface area is 120 Å². The monoisotopic (exact) mass is 329 g/mol. The highest BCUT2D eigenvalue weighted by atomic mass is 79.9. The summed E-state index contributed by atoms with van der Waals surface area (Å²) in [6.07, 6.45) is 1.36. The summed E-state index contributed by atoms with van der Waals surface area (Å²) in [4.78, 5) is 14.8. The van der Waals surface area contributed by atoms with Gasteiger partial charge in [0.2, 0.25) is 5.91 Å². The third-order valence-electron chi connectivity index (χ3n) is 2.93. The van der Waals surface area contributed by atoms with E-state index in [9.17, 15) is 9.90 Å². The molecule has 5 heteroatoms. The van der Waals surface area contributed by atoms with E-state index < -0.39 is 0 Å². The van der Waals surface area contributed by atoms with Gasteiger partial charge in [-0.05, 0) is 37.1 Å². The number of rotatable bonds is 3. The van der Waals surface area contributed by atoms with E-state index in [2.05, 4.69) is 15.9 Å². The van der Waals surface area contributed by atoms with E-state index in [0.29, 0.717) is 12.3 Å². The lowest BCUT2D eigenvalue weighted by Gasteiger charge is -2.30. The third kappa shape index (κ3) is 4.00. The van der Waals surface area contributed by atoms with Gasteiger partial charge in [-0.3, -0.25) is 4.79 Å². The topological polar surface area (TPSA) is 40.5 Å². The van der Waals surface area contributed by atoms with Crippen LogP contribution in [0, 0.1) is 0 Å². The zero-order chi connectivity index (χ0) is 13.0. The Morgan fingerprint density at radius 1 is 1.44 bits per heavy atom. The second kappa shape index (κ2) is 6.59. The predicted octanol–water partition coefficient (Wildman–Crippen LogP) is 2.52. The molecule has 1 unspecified atom stereocenters. The second-order valence-electron chi connectivity index (χ2n) is 4.38. The highest BCUT2D eigenvalue weighted by Gasteiger charge is 2.21. The molecular formula is C13H16BrNO2S. The Bertz CT molecular complexity index is 410. The average molecular weight is 330 g/mol. The van der Waals surface area contributed by atoms with E-state index in [1.165, 1.54) is 11.8 Å². The molecule has 1 aromatic carbocycles. The number of thioether (sulfide) groups is 1. The normalized spacial score (nSPS) is 19.9. The molecule has 0 aliphatic carbocycles. The van der Waals surface area contributed by atoms with Gasteiger partial charge in [0.05, 0.1) is 11.9 Å². The number of likely N-dealkylation sites (tertiary alicyclic amines) is 1. The molecule has 0 spiro atoms. The number of nitrogens with zero attached hydrogens (tertiary/aromatic N) is 1. The second-order valence-corrected chi connectivity index (χ2v) is 6.34. The van der Waals surface area contributed by atoms with Crippen molar-refractivity contribution < 1.29 is 9.90 Å². The van der Waals surface area contributed by atoms with E-state index in [-0.39, 0.29) is 12.0 Å². The first-order valence-corrected chi connectivity index (χ1v) is 7.77. The van der Waals surface area contributed by atoms with Crippen LogP contribution in [0.25, 0.3) is 0 Å². The van der Waals surface area contributed by atoms with Crippen molar-refractivity contribution in [1.82, 2.24) is 4.90 Å². The lowest BCUT2D eigenvalue weighted by Crippen LogP contribution is -2.42. The minimum absolute atomic E-state index is 0.113. The number of piperidine rings is 1. The molecule has 0 radical (unpaired) electrons. The van der Waals surface area contributed by atoms with Crippen LogP contribution in [0.4, 0.5) is 0 Å². The number of aliphatic hydroxyl groups excluding tert-OH is 1. The molecule has 18 heavy (non-hydrogen) atoms. The molecule has 1 aromatic rings. The Hall–Kier alpha value is -0.520. The Morgan fingerprint density at radius 3 is 2.83 bits per heavy atom. The van der Waals surface area contributed by atoms with Crippen molar-refractivity contribution in [2.75, 3.05) is 18.8 Å². The number of aliphatic hydroxyl groups is 1. The van der Waals surface area contributed by atoms with Crippen LogP contribution in [-0.2, 0) is 4.79 Å². The largest absolute Gasteiger partial charge is 0.391 e. The van der Waals surface area contributed by atoms with Crippen molar-refractivity contribution in [1.29, 1.82) is 0 Å². The summed E-state index contributed by atoms with van der Waals surface area (Å²) in [5, 5.41) is 9.54. The summed E-state index contributed by atoms with van der Waals surface area (Å²) in [6, 6.07) is 7.93. The van der Waals surface area contributed by atoms with Crippen molar-refractivity contribution in [3.05, 3.63) is 28.7 Å². The summed E-state index contributed by atoms with van der Waals surface area (Å²) >= 11 is 4.92. The maximum atomic E-state index is 12.0. The van der Waals surface area contributed by atoms with Crippen LogP contribution in [0.3, 0.4) is 0 Å². The standard InChI is InChI=1S/C13H16BrNO2S/c14-10-3-5-12(6-4-10)18-9-13(17)15-7-1-2-11(16)8-15/h3-6,11,16H,1-2,7-9H2. The minimum atomic E-state index is -0.347. The average Bonchev–Trinajstić information content (AvgIpc) is 2.38. The zero-order valence-corrected chi connectivity index (χ0v) is 12.4. The van der Waals surface area contributed by atoms with Crippen LogP contribution < -0.4 is 0 Å².